The van der Waals surface area contributed by atoms with Crippen molar-refractivity contribution in [1.82, 2.24) is 20.1 Å². The van der Waals surface area contributed by atoms with Crippen molar-refractivity contribution in [3.63, 3.8) is 0 Å². The van der Waals surface area contributed by atoms with Crippen molar-refractivity contribution in [3.8, 4) is 0 Å². The topological polar surface area (TPSA) is 67.5 Å². The molecule has 1 aliphatic rings. The first kappa shape index (κ1) is 16.9. The van der Waals surface area contributed by atoms with Gasteiger partial charge < -0.3 is 14.1 Å². The highest BCUT2D eigenvalue weighted by molar-refractivity contribution is 5.94. The fraction of sp³-hybridized carbons (Fsp3) is 0.421. The van der Waals surface area contributed by atoms with Gasteiger partial charge in [-0.2, -0.15) is 0 Å². The van der Waals surface area contributed by atoms with Crippen LogP contribution in [0.4, 0.5) is 5.82 Å². The molecule has 0 N–H and O–H groups in total. The number of morpholine rings is 1. The van der Waals surface area contributed by atoms with E-state index in [2.05, 4.69) is 49.2 Å². The van der Waals surface area contributed by atoms with E-state index in [9.17, 15) is 0 Å². The lowest BCUT2D eigenvalue weighted by Gasteiger charge is -2.31. The van der Waals surface area contributed by atoms with Crippen LogP contribution in [0.3, 0.4) is 0 Å². The van der Waals surface area contributed by atoms with E-state index in [1.54, 1.807) is 6.92 Å². The molecule has 1 atom stereocenters. The minimum atomic E-state index is -0.176. The van der Waals surface area contributed by atoms with Gasteiger partial charge in [0.15, 0.2) is 0 Å². The van der Waals surface area contributed by atoms with Crippen molar-refractivity contribution in [1.29, 1.82) is 0 Å². The van der Waals surface area contributed by atoms with Gasteiger partial charge in [0, 0.05) is 52.2 Å². The van der Waals surface area contributed by atoms with E-state index in [1.165, 1.54) is 16.3 Å². The average molecular weight is 353 g/mol. The third-order valence-electron chi connectivity index (χ3n) is 4.64. The second kappa shape index (κ2) is 7.01. The molecule has 0 radical (unpaired) electrons. The summed E-state index contributed by atoms with van der Waals surface area (Å²) in [5.74, 6) is 2.11. The Balaban J connectivity index is 1.58. The van der Waals surface area contributed by atoms with Gasteiger partial charge in [0.1, 0.15) is 11.9 Å². The Morgan fingerprint density at radius 2 is 2.00 bits per heavy atom. The van der Waals surface area contributed by atoms with E-state index in [1.807, 2.05) is 20.3 Å². The molecule has 0 spiro atoms. The maximum atomic E-state index is 5.82. The summed E-state index contributed by atoms with van der Waals surface area (Å²) in [7, 11) is 4.04. The number of aromatic nitrogens is 3. The Morgan fingerprint density at radius 1 is 1.19 bits per heavy atom. The Kier molecular flexibility index (Phi) is 4.57. The van der Waals surface area contributed by atoms with Crippen LogP contribution >= 0.6 is 0 Å². The van der Waals surface area contributed by atoms with Crippen molar-refractivity contribution < 1.29 is 9.15 Å². The first-order chi connectivity index (χ1) is 12.6. The Labute approximate surface area is 152 Å². The molecule has 26 heavy (non-hydrogen) atoms. The van der Waals surface area contributed by atoms with Crippen molar-refractivity contribution in [3.05, 3.63) is 47.8 Å². The Hall–Kier alpha value is -2.51. The van der Waals surface area contributed by atoms with Crippen LogP contribution in [0.5, 0.6) is 0 Å². The number of benzene rings is 1. The Morgan fingerprint density at radius 3 is 2.73 bits per heavy atom. The van der Waals surface area contributed by atoms with Gasteiger partial charge in [-0.1, -0.05) is 24.3 Å². The second-order valence-electron chi connectivity index (χ2n) is 6.80. The quantitative estimate of drug-likeness (QED) is 0.714. The molecule has 1 unspecified atom stereocenters. The first-order valence-corrected chi connectivity index (χ1v) is 8.79. The number of ether oxygens (including phenoxy) is 1. The smallest absolute Gasteiger partial charge is 0.246 e. The summed E-state index contributed by atoms with van der Waals surface area (Å²) in [5, 5.41) is 10.4. The maximum Gasteiger partial charge on any atom is 0.246 e. The molecule has 0 aliphatic carbocycles. The van der Waals surface area contributed by atoms with E-state index < -0.39 is 0 Å². The van der Waals surface area contributed by atoms with Gasteiger partial charge in [0.2, 0.25) is 11.8 Å². The van der Waals surface area contributed by atoms with E-state index in [0.717, 1.165) is 25.5 Å². The predicted molar refractivity (Wildman–Crippen MR) is 99.1 cm³/mol. The lowest BCUT2D eigenvalue weighted by atomic mass is 10.1. The summed E-state index contributed by atoms with van der Waals surface area (Å²) in [4.78, 5) is 9.08. The molecule has 0 saturated carbocycles. The number of hydrogen-bond acceptors (Lipinski definition) is 7. The lowest BCUT2D eigenvalue weighted by molar-refractivity contribution is -0.0456. The van der Waals surface area contributed by atoms with E-state index in [-0.39, 0.29) is 6.10 Å². The molecule has 0 amide bonds. The van der Waals surface area contributed by atoms with E-state index >= 15 is 0 Å². The zero-order valence-corrected chi connectivity index (χ0v) is 15.3. The van der Waals surface area contributed by atoms with Gasteiger partial charge in [-0.25, -0.2) is 4.98 Å². The number of fused-ring (bicyclic) bond motifs is 1. The van der Waals surface area contributed by atoms with Crippen LogP contribution in [0, 0.1) is 6.92 Å². The lowest BCUT2D eigenvalue weighted by Crippen LogP contribution is -2.38. The minimum Gasteiger partial charge on any atom is -0.423 e. The van der Waals surface area contributed by atoms with Gasteiger partial charge in [0.05, 0.1) is 6.61 Å². The molecule has 1 aromatic carbocycles. The average Bonchev–Trinajstić information content (AvgIpc) is 3.08. The van der Waals surface area contributed by atoms with Crippen LogP contribution in [-0.4, -0.2) is 53.9 Å². The summed E-state index contributed by atoms with van der Waals surface area (Å²) in [5.41, 5.74) is 1.22. The molecule has 3 heterocycles. The molecule has 1 fully saturated rings. The van der Waals surface area contributed by atoms with Gasteiger partial charge in [-0.15, -0.1) is 10.2 Å². The third kappa shape index (κ3) is 3.27. The highest BCUT2D eigenvalue weighted by Crippen LogP contribution is 2.28. The second-order valence-corrected chi connectivity index (χ2v) is 6.80. The standard InChI is InChI=1S/C19H23N5O2/c1-13-21-22-19(26-13)17-12-24(8-9-25-17)11-14-10-20-18(23(2)3)16-7-5-4-6-15(14)16/h4-7,10,17H,8-9,11-12H2,1-3H3. The fourth-order valence-corrected chi connectivity index (χ4v) is 3.40. The molecule has 1 aliphatic heterocycles. The molecule has 7 heteroatoms. The van der Waals surface area contributed by atoms with Crippen LogP contribution in [0.2, 0.25) is 0 Å². The van der Waals surface area contributed by atoms with Crippen molar-refractivity contribution in [2.24, 2.45) is 0 Å². The molecular weight excluding hydrogens is 330 g/mol. The molecule has 2 aromatic heterocycles. The van der Waals surface area contributed by atoms with E-state index in [0.29, 0.717) is 18.4 Å². The number of pyridine rings is 1. The molecule has 4 rings (SSSR count). The molecule has 7 nitrogen and oxygen atoms in total. The van der Waals surface area contributed by atoms with Gasteiger partial charge in [-0.05, 0) is 10.9 Å². The number of rotatable bonds is 4. The Bertz CT molecular complexity index is 908. The number of nitrogens with zero attached hydrogens (tertiary/aromatic N) is 5. The zero-order valence-electron chi connectivity index (χ0n) is 15.3. The molecule has 136 valence electrons. The van der Waals surface area contributed by atoms with Crippen molar-refractivity contribution in [2.75, 3.05) is 38.7 Å². The molecular formula is C19H23N5O2. The highest BCUT2D eigenvalue weighted by atomic mass is 16.5. The molecule has 3 aromatic rings. The van der Waals surface area contributed by atoms with Crippen LogP contribution in [0.25, 0.3) is 10.8 Å². The summed E-state index contributed by atoms with van der Waals surface area (Å²) >= 11 is 0. The van der Waals surface area contributed by atoms with Crippen LogP contribution in [0.15, 0.2) is 34.9 Å². The van der Waals surface area contributed by atoms with Crippen LogP contribution in [0.1, 0.15) is 23.4 Å². The maximum absolute atomic E-state index is 5.82. The number of anilines is 1. The summed E-state index contributed by atoms with van der Waals surface area (Å²) in [6, 6.07) is 8.43. The third-order valence-corrected chi connectivity index (χ3v) is 4.64. The number of aryl methyl sites for hydroxylation is 1. The van der Waals surface area contributed by atoms with Crippen LogP contribution in [-0.2, 0) is 11.3 Å². The minimum absolute atomic E-state index is 0.176. The first-order valence-electron chi connectivity index (χ1n) is 8.79. The monoisotopic (exact) mass is 353 g/mol. The van der Waals surface area contributed by atoms with Crippen molar-refractivity contribution in [2.45, 2.75) is 19.6 Å². The zero-order chi connectivity index (χ0) is 18.1. The predicted octanol–water partition coefficient (Wildman–Crippen LogP) is 2.57. The fourth-order valence-electron chi connectivity index (χ4n) is 3.40. The summed E-state index contributed by atoms with van der Waals surface area (Å²) < 4.78 is 11.4. The van der Waals surface area contributed by atoms with Gasteiger partial charge in [0.25, 0.3) is 0 Å². The summed E-state index contributed by atoms with van der Waals surface area (Å²) in [6.07, 6.45) is 1.81. The SMILES string of the molecule is Cc1nnc(C2CN(Cc3cnc(N(C)C)c4ccccc34)CCO2)o1. The van der Waals surface area contributed by atoms with Gasteiger partial charge in [-0.3, -0.25) is 4.90 Å². The highest BCUT2D eigenvalue weighted by Gasteiger charge is 2.26. The normalized spacial score (nSPS) is 18.3. The molecule has 1 saturated heterocycles. The van der Waals surface area contributed by atoms with E-state index in [4.69, 9.17) is 9.15 Å². The summed E-state index contributed by atoms with van der Waals surface area (Å²) in [6.45, 7) is 4.85. The van der Waals surface area contributed by atoms with Gasteiger partial charge >= 0.3 is 0 Å². The molecule has 0 bridgehead atoms. The van der Waals surface area contributed by atoms with Crippen molar-refractivity contribution >= 4 is 16.6 Å². The number of hydrogen-bond donors (Lipinski definition) is 0. The van der Waals surface area contributed by atoms with Crippen LogP contribution < -0.4 is 4.90 Å². The largest absolute Gasteiger partial charge is 0.423 e.